The molecule has 0 atom stereocenters. The van der Waals surface area contributed by atoms with Gasteiger partial charge in [0.05, 0.1) is 15.9 Å². The largest absolute Gasteiger partial charge is 0.295 e. The van der Waals surface area contributed by atoms with Crippen molar-refractivity contribution in [2.45, 2.75) is 46.2 Å². The molecule has 0 saturated heterocycles. The lowest BCUT2D eigenvalue weighted by molar-refractivity contribution is 0.208. The van der Waals surface area contributed by atoms with Crippen LogP contribution in [0.4, 0.5) is 0 Å². The standard InChI is InChI=1S/C13H23Br2N3/c1-5-11-13(15)12(17(4)16-11)9-18(10(2)3)8-6-7-14/h10H,5-9H2,1-4H3. The molecule has 0 aliphatic heterocycles. The number of nitrogens with zero attached hydrogens (tertiary/aromatic N) is 3. The van der Waals surface area contributed by atoms with Crippen LogP contribution in [0, 0.1) is 0 Å². The van der Waals surface area contributed by atoms with E-state index in [1.165, 1.54) is 16.6 Å². The van der Waals surface area contributed by atoms with E-state index in [1.807, 2.05) is 11.7 Å². The molecule has 0 amide bonds. The van der Waals surface area contributed by atoms with E-state index in [1.54, 1.807) is 0 Å². The average Bonchev–Trinajstić information content (AvgIpc) is 2.60. The van der Waals surface area contributed by atoms with Crippen LogP contribution in [0.5, 0.6) is 0 Å². The Kier molecular flexibility index (Phi) is 6.88. The summed E-state index contributed by atoms with van der Waals surface area (Å²) in [6.07, 6.45) is 2.14. The van der Waals surface area contributed by atoms with Gasteiger partial charge in [-0.1, -0.05) is 22.9 Å². The van der Waals surface area contributed by atoms with E-state index < -0.39 is 0 Å². The van der Waals surface area contributed by atoms with Crippen molar-refractivity contribution >= 4 is 31.9 Å². The summed E-state index contributed by atoms with van der Waals surface area (Å²) in [6.45, 7) is 8.71. The zero-order valence-electron chi connectivity index (χ0n) is 11.7. The van der Waals surface area contributed by atoms with Crippen molar-refractivity contribution in [1.29, 1.82) is 0 Å². The van der Waals surface area contributed by atoms with Gasteiger partial charge in [-0.05, 0) is 49.2 Å². The van der Waals surface area contributed by atoms with E-state index in [2.05, 4.69) is 62.6 Å². The molecule has 0 aromatic carbocycles. The molecule has 1 aromatic rings. The number of hydrogen-bond donors (Lipinski definition) is 0. The van der Waals surface area contributed by atoms with Gasteiger partial charge in [-0.15, -0.1) is 0 Å². The van der Waals surface area contributed by atoms with Gasteiger partial charge < -0.3 is 0 Å². The molecule has 0 fully saturated rings. The molecule has 0 bridgehead atoms. The molecule has 3 nitrogen and oxygen atoms in total. The fourth-order valence-corrected chi connectivity index (χ4v) is 2.96. The van der Waals surface area contributed by atoms with E-state index in [4.69, 9.17) is 0 Å². The summed E-state index contributed by atoms with van der Waals surface area (Å²) in [5.41, 5.74) is 2.42. The smallest absolute Gasteiger partial charge is 0.0767 e. The molecule has 0 N–H and O–H groups in total. The maximum atomic E-state index is 4.56. The fourth-order valence-electron chi connectivity index (χ4n) is 1.97. The molecule has 5 heteroatoms. The number of alkyl halides is 1. The first kappa shape index (κ1) is 16.2. The minimum Gasteiger partial charge on any atom is -0.295 e. The van der Waals surface area contributed by atoms with Gasteiger partial charge >= 0.3 is 0 Å². The quantitative estimate of drug-likeness (QED) is 0.671. The summed E-state index contributed by atoms with van der Waals surface area (Å²) < 4.78 is 3.18. The molecule has 0 radical (unpaired) electrons. The first-order valence-electron chi connectivity index (χ1n) is 6.51. The Morgan fingerprint density at radius 1 is 1.39 bits per heavy atom. The van der Waals surface area contributed by atoms with Gasteiger partial charge in [0.2, 0.25) is 0 Å². The van der Waals surface area contributed by atoms with Gasteiger partial charge in [0, 0.05) is 25.0 Å². The SMILES string of the molecule is CCc1nn(C)c(CN(CCCBr)C(C)C)c1Br. The van der Waals surface area contributed by atoms with Crippen LogP contribution >= 0.6 is 31.9 Å². The van der Waals surface area contributed by atoms with E-state index in [0.29, 0.717) is 6.04 Å². The molecule has 0 unspecified atom stereocenters. The Bertz CT molecular complexity index is 375. The summed E-state index contributed by atoms with van der Waals surface area (Å²) in [6, 6.07) is 0.552. The number of hydrogen-bond acceptors (Lipinski definition) is 2. The molecule has 0 aliphatic rings. The third-order valence-electron chi connectivity index (χ3n) is 3.17. The summed E-state index contributed by atoms with van der Waals surface area (Å²) in [5.74, 6) is 0. The number of halogens is 2. The average molecular weight is 381 g/mol. The van der Waals surface area contributed by atoms with Crippen LogP contribution in [0.2, 0.25) is 0 Å². The molecule has 0 saturated carbocycles. The molecule has 1 heterocycles. The third kappa shape index (κ3) is 4.07. The highest BCUT2D eigenvalue weighted by atomic mass is 79.9. The fraction of sp³-hybridized carbons (Fsp3) is 0.769. The Balaban J connectivity index is 2.83. The monoisotopic (exact) mass is 379 g/mol. The van der Waals surface area contributed by atoms with Crippen LogP contribution in [0.15, 0.2) is 4.47 Å². The highest BCUT2D eigenvalue weighted by Crippen LogP contribution is 2.23. The van der Waals surface area contributed by atoms with Crippen molar-refractivity contribution < 1.29 is 0 Å². The molecule has 0 aliphatic carbocycles. The number of aryl methyl sites for hydroxylation is 2. The van der Waals surface area contributed by atoms with Crippen LogP contribution in [0.3, 0.4) is 0 Å². The van der Waals surface area contributed by atoms with Crippen LogP contribution in [0.25, 0.3) is 0 Å². The van der Waals surface area contributed by atoms with Crippen LogP contribution in [0.1, 0.15) is 38.6 Å². The predicted molar refractivity (Wildman–Crippen MR) is 84.2 cm³/mol. The maximum absolute atomic E-state index is 4.56. The molecular formula is C13H23Br2N3. The summed E-state index contributed by atoms with van der Waals surface area (Å²) in [5, 5.41) is 5.61. The lowest BCUT2D eigenvalue weighted by Gasteiger charge is -2.26. The first-order valence-corrected chi connectivity index (χ1v) is 8.42. The van der Waals surface area contributed by atoms with Gasteiger partial charge in [-0.25, -0.2) is 0 Å². The van der Waals surface area contributed by atoms with Crippen LogP contribution < -0.4 is 0 Å². The van der Waals surface area contributed by atoms with Gasteiger partial charge in [0.1, 0.15) is 0 Å². The maximum Gasteiger partial charge on any atom is 0.0767 e. The van der Waals surface area contributed by atoms with Crippen molar-refractivity contribution in [2.75, 3.05) is 11.9 Å². The summed E-state index contributed by atoms with van der Waals surface area (Å²) in [7, 11) is 2.03. The molecular weight excluding hydrogens is 358 g/mol. The van der Waals surface area contributed by atoms with Crippen molar-refractivity contribution in [3.63, 3.8) is 0 Å². The van der Waals surface area contributed by atoms with Crippen molar-refractivity contribution in [3.8, 4) is 0 Å². The minimum atomic E-state index is 0.552. The van der Waals surface area contributed by atoms with E-state index >= 15 is 0 Å². The van der Waals surface area contributed by atoms with Crippen molar-refractivity contribution in [2.24, 2.45) is 7.05 Å². The third-order valence-corrected chi connectivity index (χ3v) is 4.64. The second-order valence-electron chi connectivity index (χ2n) is 4.79. The zero-order valence-corrected chi connectivity index (χ0v) is 14.9. The topological polar surface area (TPSA) is 21.1 Å². The van der Waals surface area contributed by atoms with Gasteiger partial charge in [0.15, 0.2) is 0 Å². The molecule has 104 valence electrons. The Morgan fingerprint density at radius 3 is 2.50 bits per heavy atom. The summed E-state index contributed by atoms with van der Waals surface area (Å²) in [4.78, 5) is 2.49. The van der Waals surface area contributed by atoms with E-state index in [0.717, 1.165) is 30.5 Å². The lowest BCUT2D eigenvalue weighted by Crippen LogP contribution is -2.32. The Hall–Kier alpha value is 0.130. The lowest BCUT2D eigenvalue weighted by atomic mass is 10.2. The van der Waals surface area contributed by atoms with Gasteiger partial charge in [0.25, 0.3) is 0 Å². The van der Waals surface area contributed by atoms with Crippen molar-refractivity contribution in [1.82, 2.24) is 14.7 Å². The van der Waals surface area contributed by atoms with Gasteiger partial charge in [-0.3, -0.25) is 9.58 Å². The first-order chi connectivity index (χ1) is 8.51. The molecule has 0 spiro atoms. The summed E-state index contributed by atoms with van der Waals surface area (Å²) >= 11 is 7.19. The van der Waals surface area contributed by atoms with Crippen molar-refractivity contribution in [3.05, 3.63) is 15.9 Å². The normalized spacial score (nSPS) is 11.8. The molecule has 1 aromatic heterocycles. The van der Waals surface area contributed by atoms with Gasteiger partial charge in [-0.2, -0.15) is 5.10 Å². The zero-order chi connectivity index (χ0) is 13.7. The molecule has 18 heavy (non-hydrogen) atoms. The second kappa shape index (κ2) is 7.65. The highest BCUT2D eigenvalue weighted by Gasteiger charge is 2.17. The van der Waals surface area contributed by atoms with Crippen LogP contribution in [-0.2, 0) is 20.0 Å². The van der Waals surface area contributed by atoms with E-state index in [-0.39, 0.29) is 0 Å². The Morgan fingerprint density at radius 2 is 2.06 bits per heavy atom. The minimum absolute atomic E-state index is 0.552. The number of aromatic nitrogens is 2. The van der Waals surface area contributed by atoms with E-state index in [9.17, 15) is 0 Å². The highest BCUT2D eigenvalue weighted by molar-refractivity contribution is 9.10. The Labute approximate surface area is 127 Å². The second-order valence-corrected chi connectivity index (χ2v) is 6.38. The number of rotatable bonds is 7. The molecule has 1 rings (SSSR count). The predicted octanol–water partition coefficient (Wildman–Crippen LogP) is 3.74. The van der Waals surface area contributed by atoms with Crippen LogP contribution in [-0.4, -0.2) is 32.6 Å².